The van der Waals surface area contributed by atoms with Gasteiger partial charge in [0.1, 0.15) is 0 Å². The molecule has 0 radical (unpaired) electrons. The zero-order valence-electron chi connectivity index (χ0n) is 13.0. The van der Waals surface area contributed by atoms with E-state index in [0.717, 1.165) is 56.5 Å². The standard InChI is InChI=1S/C15H28N2O3/c1-15(2,3)17(13-6-10-20-11-7-13)8-4-12(5-9-17)16-14(18)19/h12-13,16H,4-11H2,1-3H3/p+1. The summed E-state index contributed by atoms with van der Waals surface area (Å²) in [4.78, 5) is 10.8. The van der Waals surface area contributed by atoms with Crippen LogP contribution in [-0.2, 0) is 4.74 Å². The lowest BCUT2D eigenvalue weighted by Gasteiger charge is -2.57. The van der Waals surface area contributed by atoms with E-state index >= 15 is 0 Å². The monoisotopic (exact) mass is 285 g/mol. The average Bonchev–Trinajstić information content (AvgIpc) is 2.39. The van der Waals surface area contributed by atoms with E-state index in [2.05, 4.69) is 26.1 Å². The Hall–Kier alpha value is -0.810. The molecule has 0 atom stereocenters. The van der Waals surface area contributed by atoms with Gasteiger partial charge in [0.05, 0.1) is 37.9 Å². The lowest BCUT2D eigenvalue weighted by atomic mass is 9.87. The topological polar surface area (TPSA) is 58.6 Å². The van der Waals surface area contributed by atoms with E-state index in [1.54, 1.807) is 0 Å². The van der Waals surface area contributed by atoms with Crippen molar-refractivity contribution in [3.8, 4) is 0 Å². The number of hydrogen-bond acceptors (Lipinski definition) is 2. The maximum Gasteiger partial charge on any atom is 0.404 e. The van der Waals surface area contributed by atoms with E-state index in [0.29, 0.717) is 6.04 Å². The van der Waals surface area contributed by atoms with Crippen molar-refractivity contribution in [2.75, 3.05) is 26.3 Å². The zero-order chi connectivity index (χ0) is 14.8. The first-order valence-electron chi connectivity index (χ1n) is 7.79. The second-order valence-electron chi connectivity index (χ2n) is 7.22. The van der Waals surface area contributed by atoms with Gasteiger partial charge < -0.3 is 19.6 Å². The van der Waals surface area contributed by atoms with Gasteiger partial charge >= 0.3 is 6.09 Å². The number of carbonyl (C=O) groups is 1. The van der Waals surface area contributed by atoms with E-state index < -0.39 is 6.09 Å². The molecule has 0 bridgehead atoms. The van der Waals surface area contributed by atoms with Gasteiger partial charge in [-0.15, -0.1) is 0 Å². The highest BCUT2D eigenvalue weighted by molar-refractivity contribution is 5.64. The summed E-state index contributed by atoms with van der Waals surface area (Å²) in [7, 11) is 0. The zero-order valence-corrected chi connectivity index (χ0v) is 13.0. The molecule has 2 saturated heterocycles. The summed E-state index contributed by atoms with van der Waals surface area (Å²) in [6.07, 6.45) is 3.27. The SMILES string of the molecule is CC(C)(C)[N+]1(C2CCOCC2)CCC(NC(=O)O)CC1. The number of quaternary nitrogens is 1. The quantitative estimate of drug-likeness (QED) is 0.765. The molecule has 2 N–H and O–H groups in total. The molecule has 0 spiro atoms. The van der Waals surface area contributed by atoms with E-state index in [4.69, 9.17) is 9.84 Å². The first-order chi connectivity index (χ1) is 9.35. The number of piperidine rings is 1. The number of ether oxygens (including phenoxy) is 1. The van der Waals surface area contributed by atoms with Crippen LogP contribution in [0.5, 0.6) is 0 Å². The molecule has 20 heavy (non-hydrogen) atoms. The number of hydrogen-bond donors (Lipinski definition) is 2. The van der Waals surface area contributed by atoms with Crippen molar-refractivity contribution in [3.63, 3.8) is 0 Å². The highest BCUT2D eigenvalue weighted by atomic mass is 16.5. The van der Waals surface area contributed by atoms with Crippen LogP contribution in [0.3, 0.4) is 0 Å². The number of nitrogens with zero attached hydrogens (tertiary/aromatic N) is 1. The van der Waals surface area contributed by atoms with E-state index in [-0.39, 0.29) is 11.6 Å². The Labute approximate surface area is 121 Å². The fraction of sp³-hybridized carbons (Fsp3) is 0.933. The molecular weight excluding hydrogens is 256 g/mol. The summed E-state index contributed by atoms with van der Waals surface area (Å²) < 4.78 is 6.64. The molecule has 2 heterocycles. The summed E-state index contributed by atoms with van der Waals surface area (Å²) in [5, 5.41) is 11.5. The molecular formula is C15H29N2O3+. The molecule has 2 aliphatic heterocycles. The number of amides is 1. The molecule has 5 nitrogen and oxygen atoms in total. The van der Waals surface area contributed by atoms with Gasteiger partial charge in [-0.05, 0) is 20.8 Å². The molecule has 0 aromatic heterocycles. The van der Waals surface area contributed by atoms with Crippen molar-refractivity contribution in [1.29, 1.82) is 0 Å². The van der Waals surface area contributed by atoms with Gasteiger partial charge in [0.25, 0.3) is 0 Å². The first-order valence-corrected chi connectivity index (χ1v) is 7.79. The minimum atomic E-state index is -0.892. The van der Waals surface area contributed by atoms with Crippen LogP contribution < -0.4 is 5.32 Å². The molecule has 2 fully saturated rings. The summed E-state index contributed by atoms with van der Waals surface area (Å²) in [6, 6.07) is 0.787. The third-order valence-electron chi connectivity index (χ3n) is 5.31. The Morgan fingerprint density at radius 1 is 1.15 bits per heavy atom. The fourth-order valence-electron chi connectivity index (χ4n) is 4.11. The highest BCUT2D eigenvalue weighted by Crippen LogP contribution is 2.37. The molecule has 0 aliphatic carbocycles. The van der Waals surface area contributed by atoms with Gasteiger partial charge in [0.2, 0.25) is 0 Å². The Balaban J connectivity index is 2.08. The number of nitrogens with one attached hydrogen (secondary N) is 1. The molecule has 5 heteroatoms. The van der Waals surface area contributed by atoms with Gasteiger partial charge in [-0.1, -0.05) is 0 Å². The molecule has 0 aromatic carbocycles. The van der Waals surface area contributed by atoms with Crippen LogP contribution in [0.1, 0.15) is 46.5 Å². The van der Waals surface area contributed by atoms with Crippen molar-refractivity contribution in [2.45, 2.75) is 64.1 Å². The molecule has 1 amide bonds. The van der Waals surface area contributed by atoms with Crippen LogP contribution >= 0.6 is 0 Å². The summed E-state index contributed by atoms with van der Waals surface area (Å²) >= 11 is 0. The van der Waals surface area contributed by atoms with Gasteiger partial charge in [0.15, 0.2) is 0 Å². The van der Waals surface area contributed by atoms with Gasteiger partial charge in [-0.3, -0.25) is 0 Å². The van der Waals surface area contributed by atoms with Crippen LogP contribution in [0, 0.1) is 0 Å². The van der Waals surface area contributed by atoms with Crippen molar-refractivity contribution < 1.29 is 19.1 Å². The van der Waals surface area contributed by atoms with Crippen LogP contribution in [0.25, 0.3) is 0 Å². The van der Waals surface area contributed by atoms with Gasteiger partial charge in [-0.25, -0.2) is 4.79 Å². The predicted octanol–water partition coefficient (Wildman–Crippen LogP) is 2.21. The molecule has 116 valence electrons. The van der Waals surface area contributed by atoms with E-state index in [9.17, 15) is 4.79 Å². The molecule has 2 aliphatic rings. The largest absolute Gasteiger partial charge is 0.465 e. The van der Waals surface area contributed by atoms with Gasteiger partial charge in [0, 0.05) is 31.7 Å². The van der Waals surface area contributed by atoms with Crippen LogP contribution in [0.4, 0.5) is 4.79 Å². The van der Waals surface area contributed by atoms with Crippen molar-refractivity contribution in [1.82, 2.24) is 5.32 Å². The van der Waals surface area contributed by atoms with Gasteiger partial charge in [-0.2, -0.15) is 0 Å². The summed E-state index contributed by atoms with van der Waals surface area (Å²) in [5.41, 5.74) is 0.205. The summed E-state index contributed by atoms with van der Waals surface area (Å²) in [6.45, 7) is 10.9. The molecule has 0 unspecified atom stereocenters. The predicted molar refractivity (Wildman–Crippen MR) is 77.8 cm³/mol. The lowest BCUT2D eigenvalue weighted by molar-refractivity contribution is -0.997. The van der Waals surface area contributed by atoms with Crippen molar-refractivity contribution >= 4 is 6.09 Å². The smallest absolute Gasteiger partial charge is 0.404 e. The third-order valence-corrected chi connectivity index (χ3v) is 5.31. The van der Waals surface area contributed by atoms with Crippen molar-refractivity contribution in [2.24, 2.45) is 0 Å². The molecule has 2 rings (SSSR count). The van der Waals surface area contributed by atoms with E-state index in [1.807, 2.05) is 0 Å². The summed E-state index contributed by atoms with van der Waals surface area (Å²) in [5.74, 6) is 0. The second kappa shape index (κ2) is 5.90. The molecule has 0 aromatic rings. The Kier molecular flexibility index (Phi) is 4.59. The van der Waals surface area contributed by atoms with Crippen LogP contribution in [-0.4, -0.2) is 59.6 Å². The first kappa shape index (κ1) is 15.6. The normalized spacial score (nSPS) is 32.9. The van der Waals surface area contributed by atoms with Crippen molar-refractivity contribution in [3.05, 3.63) is 0 Å². The minimum absolute atomic E-state index is 0.126. The fourth-order valence-corrected chi connectivity index (χ4v) is 4.11. The van der Waals surface area contributed by atoms with Crippen LogP contribution in [0.15, 0.2) is 0 Å². The molecule has 0 saturated carbocycles. The average molecular weight is 285 g/mol. The third kappa shape index (κ3) is 3.09. The highest BCUT2D eigenvalue weighted by Gasteiger charge is 2.49. The number of rotatable bonds is 2. The second-order valence-corrected chi connectivity index (χ2v) is 7.22. The lowest BCUT2D eigenvalue weighted by Crippen LogP contribution is -2.70. The van der Waals surface area contributed by atoms with Crippen LogP contribution in [0.2, 0.25) is 0 Å². The Morgan fingerprint density at radius 3 is 2.15 bits per heavy atom. The Morgan fingerprint density at radius 2 is 1.70 bits per heavy atom. The minimum Gasteiger partial charge on any atom is -0.465 e. The maximum absolute atomic E-state index is 10.8. The maximum atomic E-state index is 10.8. The number of carboxylic acid groups (broad SMARTS) is 1. The Bertz CT molecular complexity index is 338. The number of likely N-dealkylation sites (tertiary alicyclic amines) is 1. The van der Waals surface area contributed by atoms with E-state index in [1.165, 1.54) is 0 Å².